The first-order chi connectivity index (χ1) is 12.2. The van der Waals surface area contributed by atoms with Gasteiger partial charge in [0.2, 0.25) is 0 Å². The number of pyridine rings is 1. The smallest absolute Gasteiger partial charge is 0.193 e. The average Bonchev–Trinajstić information content (AvgIpc) is 2.68. The molecule has 4 aromatic rings. The van der Waals surface area contributed by atoms with Crippen molar-refractivity contribution in [1.82, 2.24) is 4.98 Å². The number of nitrogens with zero attached hydrogens (tertiary/aromatic N) is 1. The van der Waals surface area contributed by atoms with E-state index in [1.54, 1.807) is 0 Å². The highest BCUT2D eigenvalue weighted by Crippen LogP contribution is 2.28. The Morgan fingerprint density at radius 1 is 0.800 bits per heavy atom. The zero-order valence-electron chi connectivity index (χ0n) is 13.9. The summed E-state index contributed by atoms with van der Waals surface area (Å²) in [5, 5.41) is 0.927. The molecule has 120 valence electrons. The predicted octanol–water partition coefficient (Wildman–Crippen LogP) is 5.44. The fraction of sp³-hybridized carbons (Fsp3) is 0.0435. The molecule has 2 heteroatoms. The Kier molecular flexibility index (Phi) is 3.87. The Hall–Kier alpha value is -3.26. The van der Waals surface area contributed by atoms with Gasteiger partial charge in [-0.3, -0.25) is 4.79 Å². The van der Waals surface area contributed by atoms with E-state index in [0.29, 0.717) is 11.1 Å². The Morgan fingerprint density at radius 3 is 2.20 bits per heavy atom. The highest BCUT2D eigenvalue weighted by Gasteiger charge is 2.16. The molecule has 0 aliphatic rings. The third-order valence-electron chi connectivity index (χ3n) is 4.39. The molecule has 0 atom stereocenters. The van der Waals surface area contributed by atoms with E-state index in [-0.39, 0.29) is 5.78 Å². The SMILES string of the molecule is Cc1cccc2nc(-c3ccccc3)cc(C(=O)c3ccccc3)c12. The van der Waals surface area contributed by atoms with Gasteiger partial charge in [0.25, 0.3) is 0 Å². The number of aryl methyl sites for hydroxylation is 1. The number of hydrogen-bond acceptors (Lipinski definition) is 2. The largest absolute Gasteiger partial charge is 0.289 e. The third kappa shape index (κ3) is 2.83. The molecule has 0 saturated heterocycles. The maximum atomic E-state index is 13.2. The molecule has 0 N–H and O–H groups in total. The normalized spacial score (nSPS) is 10.8. The molecule has 0 amide bonds. The van der Waals surface area contributed by atoms with Crippen molar-refractivity contribution in [2.45, 2.75) is 6.92 Å². The van der Waals surface area contributed by atoms with Gasteiger partial charge >= 0.3 is 0 Å². The van der Waals surface area contributed by atoms with Crippen molar-refractivity contribution in [2.75, 3.05) is 0 Å². The first-order valence-electron chi connectivity index (χ1n) is 8.29. The zero-order valence-corrected chi connectivity index (χ0v) is 13.9. The quantitative estimate of drug-likeness (QED) is 0.470. The molecule has 0 aliphatic carbocycles. The van der Waals surface area contributed by atoms with Gasteiger partial charge in [-0.25, -0.2) is 4.98 Å². The minimum Gasteiger partial charge on any atom is -0.289 e. The number of benzene rings is 3. The first kappa shape index (κ1) is 15.3. The van der Waals surface area contributed by atoms with Crippen LogP contribution in [0.15, 0.2) is 84.9 Å². The van der Waals surface area contributed by atoms with Crippen LogP contribution in [0.5, 0.6) is 0 Å². The molecule has 3 aromatic carbocycles. The van der Waals surface area contributed by atoms with Crippen molar-refractivity contribution in [2.24, 2.45) is 0 Å². The maximum Gasteiger partial charge on any atom is 0.193 e. The van der Waals surface area contributed by atoms with Crippen molar-refractivity contribution in [3.8, 4) is 11.3 Å². The van der Waals surface area contributed by atoms with E-state index in [9.17, 15) is 4.79 Å². The summed E-state index contributed by atoms with van der Waals surface area (Å²) in [5.74, 6) is 0.0273. The monoisotopic (exact) mass is 323 g/mol. The van der Waals surface area contributed by atoms with Gasteiger partial charge in [0.05, 0.1) is 11.2 Å². The van der Waals surface area contributed by atoms with E-state index in [2.05, 4.69) is 0 Å². The number of carbonyl (C=O) groups excluding carboxylic acids is 1. The fourth-order valence-corrected chi connectivity index (χ4v) is 3.15. The van der Waals surface area contributed by atoms with Gasteiger partial charge in [-0.05, 0) is 24.6 Å². The predicted molar refractivity (Wildman–Crippen MR) is 102 cm³/mol. The van der Waals surface area contributed by atoms with Crippen LogP contribution < -0.4 is 0 Å². The van der Waals surface area contributed by atoms with Crippen molar-refractivity contribution in [1.29, 1.82) is 0 Å². The summed E-state index contributed by atoms with van der Waals surface area (Å²) in [4.78, 5) is 18.0. The van der Waals surface area contributed by atoms with Crippen LogP contribution in [0.3, 0.4) is 0 Å². The molecule has 25 heavy (non-hydrogen) atoms. The van der Waals surface area contributed by atoms with Crippen molar-refractivity contribution < 1.29 is 4.79 Å². The molecule has 0 fully saturated rings. The van der Waals surface area contributed by atoms with Crippen LogP contribution in [-0.4, -0.2) is 10.8 Å². The van der Waals surface area contributed by atoms with E-state index >= 15 is 0 Å². The highest BCUT2D eigenvalue weighted by atomic mass is 16.1. The van der Waals surface area contributed by atoms with Crippen molar-refractivity contribution in [3.05, 3.63) is 102 Å². The van der Waals surface area contributed by atoms with Gasteiger partial charge in [0, 0.05) is 22.1 Å². The molecular weight excluding hydrogens is 306 g/mol. The Labute approximate surface area is 146 Å². The van der Waals surface area contributed by atoms with Crippen LogP contribution in [-0.2, 0) is 0 Å². The zero-order chi connectivity index (χ0) is 17.2. The number of hydrogen-bond donors (Lipinski definition) is 0. The second-order valence-corrected chi connectivity index (χ2v) is 6.09. The molecule has 0 bridgehead atoms. The molecule has 0 saturated carbocycles. The molecule has 0 aliphatic heterocycles. The van der Waals surface area contributed by atoms with Crippen molar-refractivity contribution in [3.63, 3.8) is 0 Å². The van der Waals surface area contributed by atoms with E-state index < -0.39 is 0 Å². The van der Waals surface area contributed by atoms with Crippen LogP contribution >= 0.6 is 0 Å². The highest BCUT2D eigenvalue weighted by molar-refractivity contribution is 6.17. The standard InChI is InChI=1S/C23H17NO/c1-16-9-8-14-20-22(16)19(23(25)18-12-6-3-7-13-18)15-21(24-20)17-10-4-2-5-11-17/h2-15H,1H3. The lowest BCUT2D eigenvalue weighted by atomic mass is 9.95. The molecule has 1 aromatic heterocycles. The van der Waals surface area contributed by atoms with E-state index in [1.807, 2.05) is 91.9 Å². The van der Waals surface area contributed by atoms with E-state index in [4.69, 9.17) is 4.98 Å². The number of fused-ring (bicyclic) bond motifs is 1. The Morgan fingerprint density at radius 2 is 1.48 bits per heavy atom. The van der Waals surface area contributed by atoms with Crippen LogP contribution in [0.1, 0.15) is 21.5 Å². The minimum atomic E-state index is 0.0273. The number of ketones is 1. The van der Waals surface area contributed by atoms with E-state index in [0.717, 1.165) is 27.7 Å². The number of aromatic nitrogens is 1. The van der Waals surface area contributed by atoms with Gasteiger partial charge in [-0.1, -0.05) is 72.8 Å². The second kappa shape index (κ2) is 6.33. The third-order valence-corrected chi connectivity index (χ3v) is 4.39. The fourth-order valence-electron chi connectivity index (χ4n) is 3.15. The summed E-state index contributed by atoms with van der Waals surface area (Å²) in [6.45, 7) is 2.02. The molecule has 0 spiro atoms. The molecule has 0 radical (unpaired) electrons. The molecule has 4 rings (SSSR count). The van der Waals surface area contributed by atoms with Gasteiger partial charge in [0.1, 0.15) is 0 Å². The molecule has 2 nitrogen and oxygen atoms in total. The summed E-state index contributed by atoms with van der Waals surface area (Å²) < 4.78 is 0. The number of carbonyl (C=O) groups is 1. The van der Waals surface area contributed by atoms with Crippen LogP contribution in [0.4, 0.5) is 0 Å². The van der Waals surface area contributed by atoms with Gasteiger partial charge in [-0.15, -0.1) is 0 Å². The topological polar surface area (TPSA) is 30.0 Å². The minimum absolute atomic E-state index is 0.0273. The Bertz CT molecular complexity index is 1050. The van der Waals surface area contributed by atoms with Crippen LogP contribution in [0.25, 0.3) is 22.2 Å². The molecular formula is C23H17NO. The lowest BCUT2D eigenvalue weighted by Gasteiger charge is -2.11. The van der Waals surface area contributed by atoms with Crippen LogP contribution in [0, 0.1) is 6.92 Å². The summed E-state index contributed by atoms with van der Waals surface area (Å²) in [7, 11) is 0. The summed E-state index contributed by atoms with van der Waals surface area (Å²) in [6, 6.07) is 27.3. The average molecular weight is 323 g/mol. The number of rotatable bonds is 3. The lowest BCUT2D eigenvalue weighted by Crippen LogP contribution is -2.04. The van der Waals surface area contributed by atoms with Crippen molar-refractivity contribution >= 4 is 16.7 Å². The summed E-state index contributed by atoms with van der Waals surface area (Å²) >= 11 is 0. The van der Waals surface area contributed by atoms with Gasteiger partial charge in [0.15, 0.2) is 5.78 Å². The van der Waals surface area contributed by atoms with Gasteiger partial charge < -0.3 is 0 Å². The lowest BCUT2D eigenvalue weighted by molar-refractivity contribution is 0.104. The summed E-state index contributed by atoms with van der Waals surface area (Å²) in [5.41, 5.74) is 5.13. The maximum absolute atomic E-state index is 13.2. The summed E-state index contributed by atoms with van der Waals surface area (Å²) in [6.07, 6.45) is 0. The second-order valence-electron chi connectivity index (χ2n) is 6.09. The molecule has 0 unspecified atom stereocenters. The van der Waals surface area contributed by atoms with Gasteiger partial charge in [-0.2, -0.15) is 0 Å². The first-order valence-corrected chi connectivity index (χ1v) is 8.29. The Balaban J connectivity index is 1.99. The van der Waals surface area contributed by atoms with Crippen LogP contribution in [0.2, 0.25) is 0 Å². The molecule has 1 heterocycles. The van der Waals surface area contributed by atoms with E-state index in [1.165, 1.54) is 0 Å².